The van der Waals surface area contributed by atoms with Crippen LogP contribution in [0.3, 0.4) is 0 Å². The zero-order chi connectivity index (χ0) is 11.3. The Morgan fingerprint density at radius 2 is 2.47 bits per heavy atom. The lowest BCUT2D eigenvalue weighted by Gasteiger charge is -2.36. The van der Waals surface area contributed by atoms with Crippen molar-refractivity contribution in [2.24, 2.45) is 10.6 Å². The summed E-state index contributed by atoms with van der Waals surface area (Å²) in [5, 5.41) is 15.4. The number of oxime groups is 1. The highest BCUT2D eigenvalue weighted by atomic mass is 16.7. The van der Waals surface area contributed by atoms with Crippen molar-refractivity contribution in [1.82, 2.24) is 5.06 Å². The van der Waals surface area contributed by atoms with Crippen LogP contribution in [-0.2, 0) is 4.84 Å². The molecule has 0 aromatic carbocycles. The molecule has 0 bridgehead atoms. The summed E-state index contributed by atoms with van der Waals surface area (Å²) in [7, 11) is 0. The van der Waals surface area contributed by atoms with Crippen molar-refractivity contribution in [2.75, 3.05) is 0 Å². The molecule has 0 spiro atoms. The van der Waals surface area contributed by atoms with E-state index in [1.165, 1.54) is 5.06 Å². The molecule has 1 saturated heterocycles. The first kappa shape index (κ1) is 10.6. The van der Waals surface area contributed by atoms with Gasteiger partial charge in [-0.1, -0.05) is 11.2 Å². The highest BCUT2D eigenvalue weighted by Crippen LogP contribution is 2.55. The molecular weight excluding hydrogens is 192 g/mol. The molecule has 3 unspecified atom stereocenters. The van der Waals surface area contributed by atoms with Gasteiger partial charge in [-0.3, -0.25) is 0 Å². The minimum absolute atomic E-state index is 0.0837. The Morgan fingerprint density at radius 1 is 1.80 bits per heavy atom. The van der Waals surface area contributed by atoms with Gasteiger partial charge in [0.25, 0.3) is 0 Å². The molecule has 2 rings (SSSR count). The summed E-state index contributed by atoms with van der Waals surface area (Å²) < 4.78 is 0. The summed E-state index contributed by atoms with van der Waals surface area (Å²) >= 11 is 0. The van der Waals surface area contributed by atoms with Gasteiger partial charge in [-0.05, 0) is 33.6 Å². The number of rotatable bonds is 2. The lowest BCUT2D eigenvalue weighted by Crippen LogP contribution is -2.51. The van der Waals surface area contributed by atoms with E-state index in [9.17, 15) is 5.21 Å². The van der Waals surface area contributed by atoms with Crippen molar-refractivity contribution in [2.45, 2.75) is 45.4 Å². The van der Waals surface area contributed by atoms with Gasteiger partial charge in [-0.25, -0.2) is 0 Å². The molecule has 0 aromatic heterocycles. The molecule has 4 heteroatoms. The number of allylic oxidation sites excluding steroid dienone is 1. The van der Waals surface area contributed by atoms with Gasteiger partial charge in [0.05, 0.1) is 11.1 Å². The van der Waals surface area contributed by atoms with Crippen molar-refractivity contribution in [3.63, 3.8) is 0 Å². The van der Waals surface area contributed by atoms with E-state index in [2.05, 4.69) is 11.7 Å². The topological polar surface area (TPSA) is 45.1 Å². The van der Waals surface area contributed by atoms with E-state index >= 15 is 0 Å². The van der Waals surface area contributed by atoms with Crippen LogP contribution in [0.4, 0.5) is 0 Å². The minimum atomic E-state index is -0.731. The zero-order valence-electron chi connectivity index (χ0n) is 9.53. The van der Waals surface area contributed by atoms with Gasteiger partial charge in [-0.2, -0.15) is 0 Å². The Hall–Kier alpha value is -0.870. The molecule has 2 heterocycles. The van der Waals surface area contributed by atoms with Crippen LogP contribution >= 0.6 is 0 Å². The molecule has 1 N–H and O–H groups in total. The Balaban J connectivity index is 2.46. The van der Waals surface area contributed by atoms with Crippen molar-refractivity contribution >= 4 is 5.71 Å². The lowest BCUT2D eigenvalue weighted by molar-refractivity contribution is -0.277. The maximum absolute atomic E-state index is 10.0. The average Bonchev–Trinajstić information content (AvgIpc) is 2.53. The van der Waals surface area contributed by atoms with Gasteiger partial charge in [0.15, 0.2) is 0 Å². The molecule has 0 saturated carbocycles. The molecule has 4 nitrogen and oxygen atoms in total. The van der Waals surface area contributed by atoms with Crippen molar-refractivity contribution in [3.8, 4) is 0 Å². The fourth-order valence-electron chi connectivity index (χ4n) is 2.94. The first-order valence-electron chi connectivity index (χ1n) is 5.30. The lowest BCUT2D eigenvalue weighted by atomic mass is 9.72. The second kappa shape index (κ2) is 3.06. The van der Waals surface area contributed by atoms with Gasteiger partial charge in [0.1, 0.15) is 0 Å². The minimum Gasteiger partial charge on any atom is -0.370 e. The van der Waals surface area contributed by atoms with Crippen LogP contribution < -0.4 is 0 Å². The molecule has 0 amide bonds. The fourth-order valence-corrected chi connectivity index (χ4v) is 2.94. The third-order valence-corrected chi connectivity index (χ3v) is 3.93. The molecule has 3 atom stereocenters. The second-order valence-corrected chi connectivity index (χ2v) is 4.72. The summed E-state index contributed by atoms with van der Waals surface area (Å²) in [6.45, 7) is 9.62. The van der Waals surface area contributed by atoms with E-state index in [0.29, 0.717) is 0 Å². The van der Waals surface area contributed by atoms with Crippen LogP contribution in [0.15, 0.2) is 17.8 Å². The summed E-state index contributed by atoms with van der Waals surface area (Å²) in [5.74, 6) is 0. The zero-order valence-corrected chi connectivity index (χ0v) is 9.53. The van der Waals surface area contributed by atoms with E-state index < -0.39 is 5.72 Å². The molecule has 2 aliphatic heterocycles. The first-order valence-corrected chi connectivity index (χ1v) is 5.30. The van der Waals surface area contributed by atoms with Gasteiger partial charge in [0.2, 0.25) is 5.72 Å². The van der Waals surface area contributed by atoms with E-state index in [1.807, 2.05) is 26.8 Å². The Kier molecular flexibility index (Phi) is 2.17. The molecule has 1 fully saturated rings. The van der Waals surface area contributed by atoms with Gasteiger partial charge in [0, 0.05) is 6.04 Å². The molecule has 0 radical (unpaired) electrons. The number of hydrogen-bond donors (Lipinski definition) is 1. The smallest absolute Gasteiger partial charge is 0.220 e. The number of nitrogens with zero attached hydrogens (tertiary/aromatic N) is 2. The van der Waals surface area contributed by atoms with E-state index in [-0.39, 0.29) is 11.5 Å². The monoisotopic (exact) mass is 210 g/mol. The fraction of sp³-hybridized carbons (Fsp3) is 0.727. The van der Waals surface area contributed by atoms with Crippen molar-refractivity contribution in [3.05, 3.63) is 12.7 Å². The summed E-state index contributed by atoms with van der Waals surface area (Å²) in [5.41, 5.74) is 0.00134. The number of fused-ring (bicyclic) bond motifs is 1. The van der Waals surface area contributed by atoms with Crippen molar-refractivity contribution in [1.29, 1.82) is 0 Å². The SMILES string of the molecule is C=CCC12CC(C)N(O)C1(C)ON=C2C. The standard InChI is InChI=1S/C11H18N2O2/c1-5-6-11-7-8(2)13(14)10(11,4)15-12-9(11)3/h5,8,14H,1,6-7H2,2-4H3. The van der Waals surface area contributed by atoms with Crippen LogP contribution in [0.2, 0.25) is 0 Å². The van der Waals surface area contributed by atoms with E-state index in [1.54, 1.807) is 0 Å². The van der Waals surface area contributed by atoms with Crippen LogP contribution in [0, 0.1) is 5.41 Å². The molecule has 0 aliphatic carbocycles. The Labute approximate surface area is 90.2 Å². The Morgan fingerprint density at radius 3 is 3.07 bits per heavy atom. The molecule has 15 heavy (non-hydrogen) atoms. The van der Waals surface area contributed by atoms with E-state index in [4.69, 9.17) is 4.84 Å². The highest BCUT2D eigenvalue weighted by Gasteiger charge is 2.65. The molecular formula is C11H18N2O2. The summed E-state index contributed by atoms with van der Waals surface area (Å²) in [6, 6.07) is 0.0837. The van der Waals surface area contributed by atoms with Gasteiger partial charge in [-0.15, -0.1) is 11.6 Å². The van der Waals surface area contributed by atoms with Crippen LogP contribution in [0.5, 0.6) is 0 Å². The van der Waals surface area contributed by atoms with Crippen LogP contribution in [-0.4, -0.2) is 27.7 Å². The summed E-state index contributed by atoms with van der Waals surface area (Å²) in [4.78, 5) is 5.43. The molecule has 84 valence electrons. The van der Waals surface area contributed by atoms with Crippen molar-refractivity contribution < 1.29 is 10.0 Å². The van der Waals surface area contributed by atoms with Gasteiger partial charge < -0.3 is 10.0 Å². The maximum Gasteiger partial charge on any atom is 0.220 e. The van der Waals surface area contributed by atoms with Crippen LogP contribution in [0.25, 0.3) is 0 Å². The molecule has 2 aliphatic rings. The number of hydrogen-bond acceptors (Lipinski definition) is 4. The second-order valence-electron chi connectivity index (χ2n) is 4.72. The third kappa shape index (κ3) is 1.06. The third-order valence-electron chi connectivity index (χ3n) is 3.93. The first-order chi connectivity index (χ1) is 6.98. The normalized spacial score (nSPS) is 44.8. The predicted octanol–water partition coefficient (Wildman–Crippen LogP) is 2.15. The largest absolute Gasteiger partial charge is 0.370 e. The molecule has 0 aromatic rings. The maximum atomic E-state index is 10.0. The average molecular weight is 210 g/mol. The quantitative estimate of drug-likeness (QED) is 0.710. The van der Waals surface area contributed by atoms with Gasteiger partial charge >= 0.3 is 0 Å². The van der Waals surface area contributed by atoms with Crippen LogP contribution in [0.1, 0.15) is 33.6 Å². The highest BCUT2D eigenvalue weighted by molar-refractivity contribution is 5.90. The summed E-state index contributed by atoms with van der Waals surface area (Å²) in [6.07, 6.45) is 3.50. The number of hydroxylamine groups is 2. The predicted molar refractivity (Wildman–Crippen MR) is 57.6 cm³/mol. The van der Waals surface area contributed by atoms with E-state index in [0.717, 1.165) is 18.6 Å². The Bertz CT molecular complexity index is 329.